The summed E-state index contributed by atoms with van der Waals surface area (Å²) in [5, 5.41) is 4.10. The normalized spacial score (nSPS) is 17.9. The van der Waals surface area contributed by atoms with Gasteiger partial charge in [-0.1, -0.05) is 48.2 Å². The van der Waals surface area contributed by atoms with E-state index in [2.05, 4.69) is 25.9 Å². The molecule has 9 heteroatoms. The summed E-state index contributed by atoms with van der Waals surface area (Å²) in [4.78, 5) is 26.9. The van der Waals surface area contributed by atoms with E-state index in [0.717, 1.165) is 46.9 Å². The second-order valence-corrected chi connectivity index (χ2v) is 10.7. The third kappa shape index (κ3) is 4.78. The number of thioether (sulfide) groups is 1. The number of para-hydroxylation sites is 1. The van der Waals surface area contributed by atoms with Crippen molar-refractivity contribution < 1.29 is 4.79 Å². The van der Waals surface area contributed by atoms with Crippen molar-refractivity contribution in [1.82, 2.24) is 19.9 Å². The molecule has 0 atom stereocenters. The molecule has 0 unspecified atom stereocenters. The molecule has 6 nitrogen and oxygen atoms in total. The molecule has 0 radical (unpaired) electrons. The maximum Gasteiger partial charge on any atom is 0.264 e. The maximum atomic E-state index is 12.7. The molecule has 3 heterocycles. The minimum Gasteiger partial charge on any atom is -0.324 e. The number of nitrogens with zero attached hydrogens (tertiary/aromatic N) is 4. The van der Waals surface area contributed by atoms with Crippen LogP contribution in [0.5, 0.6) is 0 Å². The third-order valence-corrected chi connectivity index (χ3v) is 7.77. The summed E-state index contributed by atoms with van der Waals surface area (Å²) in [6.07, 6.45) is 9.24. The Labute approximate surface area is 222 Å². The van der Waals surface area contributed by atoms with Crippen LogP contribution in [0.1, 0.15) is 24.8 Å². The number of pyridine rings is 1. The Morgan fingerprint density at radius 3 is 2.72 bits per heavy atom. The number of aliphatic imine (C=N–C) groups is 1. The van der Waals surface area contributed by atoms with Gasteiger partial charge in [-0.25, -0.2) is 9.98 Å². The van der Waals surface area contributed by atoms with E-state index in [1.54, 1.807) is 24.4 Å². The summed E-state index contributed by atoms with van der Waals surface area (Å²) in [6, 6.07) is 15.2. The number of amidine groups is 1. The zero-order valence-electron chi connectivity index (χ0n) is 19.1. The van der Waals surface area contributed by atoms with Crippen molar-refractivity contribution in [3.05, 3.63) is 81.4 Å². The number of aryl methyl sites for hydroxylation is 1. The Balaban J connectivity index is 1.34. The van der Waals surface area contributed by atoms with Crippen LogP contribution in [0.4, 0.5) is 5.69 Å². The van der Waals surface area contributed by atoms with Gasteiger partial charge in [-0.3, -0.25) is 9.78 Å². The average Bonchev–Trinajstić information content (AvgIpc) is 3.55. The van der Waals surface area contributed by atoms with Crippen LogP contribution in [0, 0.1) is 5.92 Å². The molecule has 4 aromatic rings. The molecular weight excluding hydrogens is 513 g/mol. The molecule has 6 rings (SSSR count). The van der Waals surface area contributed by atoms with E-state index in [0.29, 0.717) is 25.8 Å². The Kier molecular flexibility index (Phi) is 6.29. The number of aromatic nitrogens is 3. The molecule has 2 fully saturated rings. The van der Waals surface area contributed by atoms with Gasteiger partial charge in [0.05, 0.1) is 26.0 Å². The monoisotopic (exact) mass is 533 g/mol. The lowest BCUT2D eigenvalue weighted by Gasteiger charge is -2.09. The van der Waals surface area contributed by atoms with Crippen LogP contribution < -0.4 is 5.32 Å². The topological polar surface area (TPSA) is 72.2 Å². The largest absolute Gasteiger partial charge is 0.324 e. The SMILES string of the molecule is O=C1NC(=Nc2c(Cl)cccc2Cl)SC1=Cc1ccc2nc(-c3cccnc3)n(CCC3CC3)c2c1. The van der Waals surface area contributed by atoms with E-state index in [9.17, 15) is 4.79 Å². The number of hydrogen-bond donors (Lipinski definition) is 1. The summed E-state index contributed by atoms with van der Waals surface area (Å²) in [6.45, 7) is 0.899. The molecule has 36 heavy (non-hydrogen) atoms. The second-order valence-electron chi connectivity index (χ2n) is 8.86. The van der Waals surface area contributed by atoms with Gasteiger partial charge in [-0.05, 0) is 72.1 Å². The fourth-order valence-corrected chi connectivity index (χ4v) is 5.53. The number of fused-ring (bicyclic) bond motifs is 1. The number of imidazole rings is 1. The highest BCUT2D eigenvalue weighted by Crippen LogP contribution is 2.37. The highest BCUT2D eigenvalue weighted by atomic mass is 35.5. The van der Waals surface area contributed by atoms with Crippen molar-refractivity contribution in [1.29, 1.82) is 0 Å². The number of benzene rings is 2. The predicted octanol–water partition coefficient (Wildman–Crippen LogP) is 7.10. The highest BCUT2D eigenvalue weighted by molar-refractivity contribution is 8.18. The molecule has 2 aromatic heterocycles. The van der Waals surface area contributed by atoms with Crippen molar-refractivity contribution in [2.75, 3.05) is 0 Å². The standard InChI is InChI=1S/C27H21Cl2N5OS/c28-19-4-1-5-20(29)24(19)32-27-33-26(35)23(36-27)14-17-8-9-21-22(13-17)34(12-10-16-6-7-16)25(31-21)18-3-2-11-30-15-18/h1-5,8-9,11,13-16H,6-7,10,12H2,(H,32,33,35). The van der Waals surface area contributed by atoms with Crippen LogP contribution in [-0.4, -0.2) is 25.6 Å². The molecular formula is C27H21Cl2N5OS. The van der Waals surface area contributed by atoms with Crippen molar-refractivity contribution in [2.24, 2.45) is 10.9 Å². The van der Waals surface area contributed by atoms with Crippen LogP contribution in [0.3, 0.4) is 0 Å². The first kappa shape index (κ1) is 23.3. The molecule has 1 saturated heterocycles. The Hall–Kier alpha value is -3.13. The lowest BCUT2D eigenvalue weighted by molar-refractivity contribution is -0.115. The Morgan fingerprint density at radius 2 is 1.97 bits per heavy atom. The highest BCUT2D eigenvalue weighted by Gasteiger charge is 2.25. The summed E-state index contributed by atoms with van der Waals surface area (Å²) in [5.74, 6) is 1.51. The van der Waals surface area contributed by atoms with E-state index in [4.69, 9.17) is 28.2 Å². The number of amides is 1. The number of carbonyl (C=O) groups excluding carboxylic acids is 1. The number of hydrogen-bond acceptors (Lipinski definition) is 5. The van der Waals surface area contributed by atoms with E-state index >= 15 is 0 Å². The van der Waals surface area contributed by atoms with Crippen LogP contribution in [0.2, 0.25) is 10.0 Å². The minimum atomic E-state index is -0.208. The van der Waals surface area contributed by atoms with Gasteiger partial charge in [-0.2, -0.15) is 0 Å². The fraction of sp³-hybridized carbons (Fsp3) is 0.185. The molecule has 180 valence electrons. The van der Waals surface area contributed by atoms with Gasteiger partial charge in [0.25, 0.3) is 5.91 Å². The van der Waals surface area contributed by atoms with Crippen molar-refractivity contribution >= 4 is 68.8 Å². The molecule has 2 aromatic carbocycles. The summed E-state index contributed by atoms with van der Waals surface area (Å²) in [7, 11) is 0. The van der Waals surface area contributed by atoms with Gasteiger partial charge in [-0.15, -0.1) is 0 Å². The third-order valence-electron chi connectivity index (χ3n) is 6.25. The first-order valence-electron chi connectivity index (χ1n) is 11.7. The zero-order chi connectivity index (χ0) is 24.6. The van der Waals surface area contributed by atoms with Gasteiger partial charge in [0.15, 0.2) is 5.17 Å². The van der Waals surface area contributed by atoms with E-state index in [-0.39, 0.29) is 5.91 Å². The van der Waals surface area contributed by atoms with E-state index < -0.39 is 0 Å². The molecule has 1 aliphatic heterocycles. The van der Waals surface area contributed by atoms with Crippen molar-refractivity contribution in [3.8, 4) is 11.4 Å². The summed E-state index contributed by atoms with van der Waals surface area (Å²) >= 11 is 13.7. The van der Waals surface area contributed by atoms with Crippen molar-refractivity contribution in [2.45, 2.75) is 25.8 Å². The Morgan fingerprint density at radius 1 is 1.14 bits per heavy atom. The molecule has 2 aliphatic rings. The molecule has 1 aliphatic carbocycles. The van der Waals surface area contributed by atoms with Gasteiger partial charge >= 0.3 is 0 Å². The maximum absolute atomic E-state index is 12.7. The summed E-state index contributed by atoms with van der Waals surface area (Å²) in [5.41, 5.74) is 4.32. The molecule has 1 N–H and O–H groups in total. The lowest BCUT2D eigenvalue weighted by Crippen LogP contribution is -2.19. The van der Waals surface area contributed by atoms with Crippen molar-refractivity contribution in [3.63, 3.8) is 0 Å². The van der Waals surface area contributed by atoms with Crippen LogP contribution in [-0.2, 0) is 11.3 Å². The first-order chi connectivity index (χ1) is 17.5. The molecule has 1 amide bonds. The molecule has 1 saturated carbocycles. The van der Waals surface area contributed by atoms with Gasteiger partial charge < -0.3 is 9.88 Å². The smallest absolute Gasteiger partial charge is 0.264 e. The van der Waals surface area contributed by atoms with Gasteiger partial charge in [0.1, 0.15) is 11.5 Å². The quantitative estimate of drug-likeness (QED) is 0.268. The molecule has 0 spiro atoms. The van der Waals surface area contributed by atoms with Crippen LogP contribution in [0.15, 0.2) is 70.8 Å². The lowest BCUT2D eigenvalue weighted by atomic mass is 10.1. The Bertz CT molecular complexity index is 1520. The van der Waals surface area contributed by atoms with Gasteiger partial charge in [0, 0.05) is 24.5 Å². The second kappa shape index (κ2) is 9.73. The number of halogens is 2. The van der Waals surface area contributed by atoms with Crippen LogP contribution >= 0.6 is 35.0 Å². The predicted molar refractivity (Wildman–Crippen MR) is 148 cm³/mol. The van der Waals surface area contributed by atoms with E-state index in [1.807, 2.05) is 36.5 Å². The number of carbonyl (C=O) groups is 1. The summed E-state index contributed by atoms with van der Waals surface area (Å²) < 4.78 is 2.28. The average molecular weight is 534 g/mol. The van der Waals surface area contributed by atoms with Gasteiger partial charge in [0.2, 0.25) is 0 Å². The number of rotatable bonds is 6. The molecule has 0 bridgehead atoms. The minimum absolute atomic E-state index is 0.208. The first-order valence-corrected chi connectivity index (χ1v) is 13.3. The zero-order valence-corrected chi connectivity index (χ0v) is 21.4. The fourth-order valence-electron chi connectivity index (χ4n) is 4.22. The van der Waals surface area contributed by atoms with E-state index in [1.165, 1.54) is 24.6 Å². The van der Waals surface area contributed by atoms with Crippen LogP contribution in [0.25, 0.3) is 28.5 Å². The number of nitrogens with one attached hydrogen (secondary N) is 1.